The molecule has 1 aromatic rings. The van der Waals surface area contributed by atoms with Crippen LogP contribution in [0.2, 0.25) is 19.6 Å². The van der Waals surface area contributed by atoms with E-state index in [9.17, 15) is 0 Å². The zero-order valence-electron chi connectivity index (χ0n) is 8.74. The van der Waals surface area contributed by atoms with Crippen LogP contribution >= 0.6 is 0 Å². The van der Waals surface area contributed by atoms with Gasteiger partial charge in [0.2, 0.25) is 0 Å². The lowest BCUT2D eigenvalue weighted by Gasteiger charge is -2.16. The summed E-state index contributed by atoms with van der Waals surface area (Å²) in [7, 11) is -1.47. The Bertz CT molecular complexity index is 352. The van der Waals surface area contributed by atoms with Gasteiger partial charge in [0.15, 0.2) is 8.32 Å². The molecule has 0 unspecified atom stereocenters. The molecule has 4 heteroatoms. The van der Waals surface area contributed by atoms with E-state index >= 15 is 0 Å². The molecule has 14 heavy (non-hydrogen) atoms. The average Bonchev–Trinajstić information content (AvgIpc) is 2.14. The van der Waals surface area contributed by atoms with Crippen LogP contribution in [0.25, 0.3) is 0 Å². The van der Waals surface area contributed by atoms with Crippen molar-refractivity contribution in [2.75, 3.05) is 0 Å². The van der Waals surface area contributed by atoms with E-state index in [0.717, 1.165) is 5.56 Å². The minimum Gasteiger partial charge on any atom is -0.413 e. The number of nitriles is 1. The van der Waals surface area contributed by atoms with Crippen molar-refractivity contribution in [3.63, 3.8) is 0 Å². The van der Waals surface area contributed by atoms with Gasteiger partial charge in [-0.15, -0.1) is 0 Å². The molecular formula is C10H14N2OSi. The molecule has 1 rings (SSSR count). The Labute approximate surface area is 85.5 Å². The van der Waals surface area contributed by atoms with Crippen molar-refractivity contribution in [3.05, 3.63) is 29.6 Å². The Kier molecular flexibility index (Phi) is 3.39. The van der Waals surface area contributed by atoms with E-state index in [1.807, 2.05) is 12.1 Å². The second-order valence-corrected chi connectivity index (χ2v) is 8.58. The summed E-state index contributed by atoms with van der Waals surface area (Å²) in [5.74, 6) is 0. The lowest BCUT2D eigenvalue weighted by atomic mass is 10.2. The number of aromatic nitrogens is 1. The Morgan fingerprint density at radius 3 is 2.79 bits per heavy atom. The van der Waals surface area contributed by atoms with Gasteiger partial charge in [0.1, 0.15) is 11.8 Å². The van der Waals surface area contributed by atoms with Gasteiger partial charge >= 0.3 is 0 Å². The lowest BCUT2D eigenvalue weighted by Crippen LogP contribution is -2.24. The molecule has 0 amide bonds. The van der Waals surface area contributed by atoms with Gasteiger partial charge in [0.05, 0.1) is 6.61 Å². The predicted octanol–water partition coefficient (Wildman–Crippen LogP) is 2.30. The molecule has 0 aliphatic heterocycles. The van der Waals surface area contributed by atoms with Crippen LogP contribution in [-0.2, 0) is 11.0 Å². The van der Waals surface area contributed by atoms with Gasteiger partial charge in [-0.25, -0.2) is 4.98 Å². The molecule has 0 saturated heterocycles. The summed E-state index contributed by atoms with van der Waals surface area (Å²) in [5, 5.41) is 8.65. The third-order valence-electron chi connectivity index (χ3n) is 1.61. The second kappa shape index (κ2) is 4.36. The van der Waals surface area contributed by atoms with Gasteiger partial charge in [-0.1, -0.05) is 0 Å². The molecule has 0 spiro atoms. The largest absolute Gasteiger partial charge is 0.413 e. The maximum Gasteiger partial charge on any atom is 0.184 e. The first-order valence-corrected chi connectivity index (χ1v) is 7.91. The molecule has 0 N–H and O–H groups in total. The van der Waals surface area contributed by atoms with E-state index < -0.39 is 8.32 Å². The topological polar surface area (TPSA) is 45.9 Å². The average molecular weight is 206 g/mol. The second-order valence-electron chi connectivity index (χ2n) is 4.06. The van der Waals surface area contributed by atoms with E-state index in [-0.39, 0.29) is 0 Å². The van der Waals surface area contributed by atoms with Crippen molar-refractivity contribution in [2.45, 2.75) is 26.2 Å². The Balaban J connectivity index is 2.65. The number of hydrogen-bond donors (Lipinski definition) is 0. The fourth-order valence-corrected chi connectivity index (χ4v) is 1.52. The molecule has 74 valence electrons. The van der Waals surface area contributed by atoms with Crippen molar-refractivity contribution in [1.29, 1.82) is 5.26 Å². The molecule has 0 atom stereocenters. The fraction of sp³-hybridized carbons (Fsp3) is 0.400. The van der Waals surface area contributed by atoms with Gasteiger partial charge < -0.3 is 4.43 Å². The Morgan fingerprint density at radius 2 is 2.21 bits per heavy atom. The summed E-state index contributed by atoms with van der Waals surface area (Å²) in [6.45, 7) is 6.99. The smallest absolute Gasteiger partial charge is 0.184 e. The van der Waals surface area contributed by atoms with Crippen molar-refractivity contribution in [1.82, 2.24) is 4.98 Å². The van der Waals surface area contributed by atoms with Crippen molar-refractivity contribution in [2.24, 2.45) is 0 Å². The van der Waals surface area contributed by atoms with Gasteiger partial charge in [0, 0.05) is 6.20 Å². The monoisotopic (exact) mass is 206 g/mol. The molecule has 0 aliphatic rings. The van der Waals surface area contributed by atoms with Gasteiger partial charge in [-0.3, -0.25) is 0 Å². The predicted molar refractivity (Wildman–Crippen MR) is 57.1 cm³/mol. The standard InChI is InChI=1S/C10H14N2OSi/c1-14(2,3)13-8-9-4-5-12-10(6-9)7-11/h4-6H,8H2,1-3H3. The molecule has 0 aromatic carbocycles. The van der Waals surface area contributed by atoms with Crippen LogP contribution in [0.4, 0.5) is 0 Å². The normalized spacial score (nSPS) is 11.0. The number of nitrogens with zero attached hydrogens (tertiary/aromatic N) is 2. The van der Waals surface area contributed by atoms with Crippen LogP contribution in [0.3, 0.4) is 0 Å². The first-order valence-electron chi connectivity index (χ1n) is 4.50. The highest BCUT2D eigenvalue weighted by Crippen LogP contribution is 2.09. The van der Waals surface area contributed by atoms with E-state index in [2.05, 4.69) is 24.6 Å². The summed E-state index contributed by atoms with van der Waals surface area (Å²) in [6, 6.07) is 5.65. The van der Waals surface area contributed by atoms with E-state index in [1.54, 1.807) is 12.3 Å². The molecule has 0 radical (unpaired) electrons. The Morgan fingerprint density at radius 1 is 1.50 bits per heavy atom. The Hall–Kier alpha value is -1.18. The lowest BCUT2D eigenvalue weighted by molar-refractivity contribution is 0.299. The molecule has 0 bridgehead atoms. The van der Waals surface area contributed by atoms with Crippen LogP contribution < -0.4 is 0 Å². The first-order chi connectivity index (χ1) is 6.51. The number of hydrogen-bond acceptors (Lipinski definition) is 3. The molecule has 0 fully saturated rings. The van der Waals surface area contributed by atoms with Crippen LogP contribution in [0.1, 0.15) is 11.3 Å². The summed E-state index contributed by atoms with van der Waals surface area (Å²) >= 11 is 0. The highest BCUT2D eigenvalue weighted by atomic mass is 28.4. The van der Waals surface area contributed by atoms with Crippen molar-refractivity contribution < 1.29 is 4.43 Å². The number of pyridine rings is 1. The maximum atomic E-state index is 8.65. The highest BCUT2D eigenvalue weighted by molar-refractivity contribution is 6.69. The van der Waals surface area contributed by atoms with Crippen LogP contribution in [0.15, 0.2) is 18.3 Å². The third-order valence-corrected chi connectivity index (χ3v) is 2.62. The zero-order chi connectivity index (χ0) is 10.6. The van der Waals surface area contributed by atoms with Gasteiger partial charge in [-0.05, 0) is 37.3 Å². The van der Waals surface area contributed by atoms with Gasteiger partial charge in [0.25, 0.3) is 0 Å². The summed E-state index contributed by atoms with van der Waals surface area (Å²) in [4.78, 5) is 3.90. The minimum atomic E-state index is -1.47. The zero-order valence-corrected chi connectivity index (χ0v) is 9.74. The molecule has 3 nitrogen and oxygen atoms in total. The molecule has 0 aliphatic carbocycles. The van der Waals surface area contributed by atoms with Crippen LogP contribution in [0, 0.1) is 11.3 Å². The van der Waals surface area contributed by atoms with E-state index in [1.165, 1.54) is 0 Å². The molecule has 1 heterocycles. The minimum absolute atomic E-state index is 0.446. The summed E-state index contributed by atoms with van der Waals surface area (Å²) < 4.78 is 5.72. The SMILES string of the molecule is C[Si](C)(C)OCc1ccnc(C#N)c1. The fourth-order valence-electron chi connectivity index (χ4n) is 0.925. The van der Waals surface area contributed by atoms with Crippen molar-refractivity contribution >= 4 is 8.32 Å². The molecule has 1 aromatic heterocycles. The quantitative estimate of drug-likeness (QED) is 0.713. The first kappa shape index (κ1) is 10.9. The van der Waals surface area contributed by atoms with E-state index in [4.69, 9.17) is 9.69 Å². The maximum absolute atomic E-state index is 8.65. The van der Waals surface area contributed by atoms with Gasteiger partial charge in [-0.2, -0.15) is 5.26 Å². The molecular weight excluding hydrogens is 192 g/mol. The van der Waals surface area contributed by atoms with Crippen LogP contribution in [-0.4, -0.2) is 13.3 Å². The third kappa shape index (κ3) is 3.69. The number of rotatable bonds is 3. The van der Waals surface area contributed by atoms with E-state index in [0.29, 0.717) is 12.3 Å². The highest BCUT2D eigenvalue weighted by Gasteiger charge is 2.13. The summed E-state index contributed by atoms with van der Waals surface area (Å²) in [6.07, 6.45) is 1.64. The molecule has 0 saturated carbocycles. The van der Waals surface area contributed by atoms with Crippen LogP contribution in [0.5, 0.6) is 0 Å². The van der Waals surface area contributed by atoms with Crippen molar-refractivity contribution in [3.8, 4) is 6.07 Å². The summed E-state index contributed by atoms with van der Waals surface area (Å²) in [5.41, 5.74) is 1.46.